The predicted molar refractivity (Wildman–Crippen MR) is 43.3 cm³/mol. The molecule has 0 spiro atoms. The Balaban J connectivity index is 3.06. The van der Waals surface area contributed by atoms with Crippen LogP contribution < -0.4 is 10.6 Å². The van der Waals surface area contributed by atoms with Crippen molar-refractivity contribution >= 4 is 11.4 Å². The molecule has 0 aliphatic carbocycles. The number of aromatic nitrogens is 1. The van der Waals surface area contributed by atoms with E-state index in [9.17, 15) is 4.39 Å². The summed E-state index contributed by atoms with van der Waals surface area (Å²) in [6.07, 6.45) is 1.45. The number of nitrogens with one attached hydrogen (secondary N) is 2. The van der Waals surface area contributed by atoms with Gasteiger partial charge in [-0.2, -0.15) is 4.39 Å². The standard InChI is InChI=1S/C7H10FN3/c1-9-5-3-7(8)11-4-6(5)10-2/h3-4,10H,1-2H3,(H,9,11). The van der Waals surface area contributed by atoms with E-state index < -0.39 is 5.95 Å². The Morgan fingerprint density at radius 2 is 1.91 bits per heavy atom. The summed E-state index contributed by atoms with van der Waals surface area (Å²) in [5, 5.41) is 5.73. The highest BCUT2D eigenvalue weighted by atomic mass is 19.1. The summed E-state index contributed by atoms with van der Waals surface area (Å²) in [4.78, 5) is 3.49. The second-order valence-corrected chi connectivity index (χ2v) is 2.05. The predicted octanol–water partition coefficient (Wildman–Crippen LogP) is 1.30. The lowest BCUT2D eigenvalue weighted by Gasteiger charge is -2.06. The molecule has 0 saturated carbocycles. The van der Waals surface area contributed by atoms with Gasteiger partial charge in [0.2, 0.25) is 5.95 Å². The molecule has 0 unspecified atom stereocenters. The highest BCUT2D eigenvalue weighted by Crippen LogP contribution is 2.18. The lowest BCUT2D eigenvalue weighted by molar-refractivity contribution is 0.585. The van der Waals surface area contributed by atoms with Crippen LogP contribution in [0.5, 0.6) is 0 Å². The van der Waals surface area contributed by atoms with E-state index in [0.29, 0.717) is 5.69 Å². The highest BCUT2D eigenvalue weighted by molar-refractivity contribution is 5.66. The van der Waals surface area contributed by atoms with E-state index in [-0.39, 0.29) is 0 Å². The molecule has 0 fully saturated rings. The monoisotopic (exact) mass is 155 g/mol. The van der Waals surface area contributed by atoms with Crippen LogP contribution in [0.2, 0.25) is 0 Å². The minimum Gasteiger partial charge on any atom is -0.386 e. The van der Waals surface area contributed by atoms with Crippen molar-refractivity contribution in [3.05, 3.63) is 18.2 Å². The molecule has 0 aliphatic rings. The van der Waals surface area contributed by atoms with E-state index in [1.54, 1.807) is 14.1 Å². The molecule has 4 heteroatoms. The number of pyridine rings is 1. The molecule has 0 aromatic carbocycles. The van der Waals surface area contributed by atoms with Crippen molar-refractivity contribution in [2.24, 2.45) is 0 Å². The average Bonchev–Trinajstić information content (AvgIpc) is 2.04. The van der Waals surface area contributed by atoms with E-state index in [1.807, 2.05) is 0 Å². The summed E-state index contributed by atoms with van der Waals surface area (Å²) >= 11 is 0. The molecule has 0 saturated heterocycles. The van der Waals surface area contributed by atoms with Crippen LogP contribution in [-0.2, 0) is 0 Å². The van der Waals surface area contributed by atoms with Gasteiger partial charge in [-0.25, -0.2) is 4.98 Å². The first-order valence-electron chi connectivity index (χ1n) is 3.29. The molecule has 2 N–H and O–H groups in total. The summed E-state index contributed by atoms with van der Waals surface area (Å²) in [6, 6.07) is 1.34. The third-order valence-corrected chi connectivity index (χ3v) is 1.41. The zero-order chi connectivity index (χ0) is 8.27. The topological polar surface area (TPSA) is 37.0 Å². The minimum absolute atomic E-state index is 0.478. The van der Waals surface area contributed by atoms with Crippen molar-refractivity contribution in [1.82, 2.24) is 4.98 Å². The molecular weight excluding hydrogens is 145 g/mol. The summed E-state index contributed by atoms with van der Waals surface area (Å²) < 4.78 is 12.5. The largest absolute Gasteiger partial charge is 0.386 e. The first-order chi connectivity index (χ1) is 5.27. The fourth-order valence-corrected chi connectivity index (χ4v) is 0.836. The molecule has 1 aromatic rings. The molecule has 0 aliphatic heterocycles. The van der Waals surface area contributed by atoms with Gasteiger partial charge in [-0.05, 0) is 0 Å². The van der Waals surface area contributed by atoms with E-state index in [2.05, 4.69) is 15.6 Å². The van der Waals surface area contributed by atoms with Gasteiger partial charge < -0.3 is 10.6 Å². The second kappa shape index (κ2) is 3.18. The first-order valence-corrected chi connectivity index (χ1v) is 3.29. The number of hydrogen-bond donors (Lipinski definition) is 2. The van der Waals surface area contributed by atoms with Gasteiger partial charge in [0.25, 0.3) is 0 Å². The number of hydrogen-bond acceptors (Lipinski definition) is 3. The fourth-order valence-electron chi connectivity index (χ4n) is 0.836. The van der Waals surface area contributed by atoms with Crippen molar-refractivity contribution < 1.29 is 4.39 Å². The van der Waals surface area contributed by atoms with E-state index in [4.69, 9.17) is 0 Å². The van der Waals surface area contributed by atoms with Gasteiger partial charge in [-0.1, -0.05) is 0 Å². The molecule has 1 rings (SSSR count). The van der Waals surface area contributed by atoms with Crippen LogP contribution in [-0.4, -0.2) is 19.1 Å². The Kier molecular flexibility index (Phi) is 2.25. The molecule has 0 amide bonds. The van der Waals surface area contributed by atoms with Crippen molar-refractivity contribution in [2.45, 2.75) is 0 Å². The van der Waals surface area contributed by atoms with Crippen LogP contribution in [0.3, 0.4) is 0 Å². The van der Waals surface area contributed by atoms with Crippen molar-refractivity contribution in [1.29, 1.82) is 0 Å². The van der Waals surface area contributed by atoms with Crippen molar-refractivity contribution in [3.8, 4) is 0 Å². The molecule has 3 nitrogen and oxygen atoms in total. The number of rotatable bonds is 2. The smallest absolute Gasteiger partial charge is 0.215 e. The van der Waals surface area contributed by atoms with Crippen molar-refractivity contribution in [2.75, 3.05) is 24.7 Å². The Labute approximate surface area is 64.6 Å². The molecule has 11 heavy (non-hydrogen) atoms. The SMILES string of the molecule is CNc1cnc(F)cc1NC. The first kappa shape index (κ1) is 7.78. The fraction of sp³-hybridized carbons (Fsp3) is 0.286. The van der Waals surface area contributed by atoms with Gasteiger partial charge in [0, 0.05) is 20.2 Å². The van der Waals surface area contributed by atoms with E-state index >= 15 is 0 Å². The highest BCUT2D eigenvalue weighted by Gasteiger charge is 1.99. The van der Waals surface area contributed by atoms with Gasteiger partial charge in [-0.3, -0.25) is 0 Å². The number of anilines is 2. The summed E-state index contributed by atoms with van der Waals surface area (Å²) in [5.41, 5.74) is 1.49. The van der Waals surface area contributed by atoms with Crippen LogP contribution in [0.1, 0.15) is 0 Å². The molecule has 0 atom stereocenters. The third kappa shape index (κ3) is 1.58. The Bertz CT molecular complexity index is 249. The number of halogens is 1. The molecule has 1 aromatic heterocycles. The third-order valence-electron chi connectivity index (χ3n) is 1.41. The van der Waals surface area contributed by atoms with Gasteiger partial charge >= 0.3 is 0 Å². The van der Waals surface area contributed by atoms with Gasteiger partial charge in [0.1, 0.15) is 0 Å². The quantitative estimate of drug-likeness (QED) is 0.632. The zero-order valence-corrected chi connectivity index (χ0v) is 6.48. The number of nitrogens with zero attached hydrogens (tertiary/aromatic N) is 1. The maximum atomic E-state index is 12.5. The van der Waals surface area contributed by atoms with Crippen LogP contribution in [0.4, 0.5) is 15.8 Å². The molecule has 0 bridgehead atoms. The second-order valence-electron chi connectivity index (χ2n) is 2.05. The zero-order valence-electron chi connectivity index (χ0n) is 6.48. The lowest BCUT2D eigenvalue weighted by Crippen LogP contribution is -1.98. The average molecular weight is 155 g/mol. The van der Waals surface area contributed by atoms with Crippen LogP contribution in [0, 0.1) is 5.95 Å². The summed E-state index contributed by atoms with van der Waals surface area (Å²) in [6.45, 7) is 0. The van der Waals surface area contributed by atoms with Crippen LogP contribution in [0.25, 0.3) is 0 Å². The van der Waals surface area contributed by atoms with Crippen LogP contribution >= 0.6 is 0 Å². The van der Waals surface area contributed by atoms with Crippen molar-refractivity contribution in [3.63, 3.8) is 0 Å². The molecule has 1 heterocycles. The van der Waals surface area contributed by atoms with Gasteiger partial charge in [0.15, 0.2) is 0 Å². The van der Waals surface area contributed by atoms with E-state index in [1.165, 1.54) is 12.3 Å². The van der Waals surface area contributed by atoms with Gasteiger partial charge in [-0.15, -0.1) is 0 Å². The van der Waals surface area contributed by atoms with Crippen LogP contribution in [0.15, 0.2) is 12.3 Å². The molecular formula is C7H10FN3. The summed E-state index contributed by atoms with van der Waals surface area (Å²) in [5.74, 6) is -0.478. The Hall–Kier alpha value is -1.32. The lowest BCUT2D eigenvalue weighted by atomic mass is 10.3. The van der Waals surface area contributed by atoms with Gasteiger partial charge in [0.05, 0.1) is 17.6 Å². The Morgan fingerprint density at radius 1 is 1.27 bits per heavy atom. The maximum absolute atomic E-state index is 12.5. The maximum Gasteiger partial charge on any atom is 0.215 e. The minimum atomic E-state index is -0.478. The molecule has 60 valence electrons. The normalized spacial score (nSPS) is 9.36. The summed E-state index contributed by atoms with van der Waals surface area (Å²) in [7, 11) is 3.49. The molecule has 0 radical (unpaired) electrons. The Morgan fingerprint density at radius 3 is 2.45 bits per heavy atom. The van der Waals surface area contributed by atoms with E-state index in [0.717, 1.165) is 5.69 Å².